The second kappa shape index (κ2) is 6.54. The molecule has 2 rings (SSSR count). The molecule has 0 aliphatic heterocycles. The third-order valence-corrected chi connectivity index (χ3v) is 3.38. The van der Waals surface area contributed by atoms with Gasteiger partial charge in [0.15, 0.2) is 0 Å². The minimum Gasteiger partial charge on any atom is -0.393 e. The van der Waals surface area contributed by atoms with Gasteiger partial charge in [0, 0.05) is 19.8 Å². The molecule has 21 heavy (non-hydrogen) atoms. The summed E-state index contributed by atoms with van der Waals surface area (Å²) in [7, 11) is 1.74. The van der Waals surface area contributed by atoms with Crippen molar-refractivity contribution in [3.8, 4) is 5.69 Å². The van der Waals surface area contributed by atoms with Gasteiger partial charge >= 0.3 is 0 Å². The molecule has 112 valence electrons. The van der Waals surface area contributed by atoms with Gasteiger partial charge in [-0.3, -0.25) is 4.79 Å². The van der Waals surface area contributed by atoms with E-state index in [0.29, 0.717) is 24.2 Å². The first-order chi connectivity index (χ1) is 9.99. The van der Waals surface area contributed by atoms with Crippen LogP contribution in [0.2, 0.25) is 0 Å². The summed E-state index contributed by atoms with van der Waals surface area (Å²) >= 11 is 0. The number of para-hydroxylation sites is 1. The standard InChI is InChI=1S/C16H21N3O2/c1-12(20)9-10-18(3)16(21)15-11-19(17-13(15)2)14-7-5-4-6-8-14/h4-8,11-12,20H,9-10H2,1-3H3. The van der Waals surface area contributed by atoms with Crippen molar-refractivity contribution in [3.05, 3.63) is 47.8 Å². The molecule has 0 saturated heterocycles. The Bertz CT molecular complexity index is 605. The summed E-state index contributed by atoms with van der Waals surface area (Å²) in [6.07, 6.45) is 1.91. The molecule has 1 heterocycles. The van der Waals surface area contributed by atoms with Gasteiger partial charge in [0.1, 0.15) is 0 Å². The fourth-order valence-electron chi connectivity index (χ4n) is 2.07. The Morgan fingerprint density at radius 1 is 1.38 bits per heavy atom. The second-order valence-corrected chi connectivity index (χ2v) is 5.27. The van der Waals surface area contributed by atoms with Gasteiger partial charge in [-0.2, -0.15) is 5.10 Å². The fraction of sp³-hybridized carbons (Fsp3) is 0.375. The Morgan fingerprint density at radius 3 is 2.67 bits per heavy atom. The molecule has 0 aliphatic rings. The van der Waals surface area contributed by atoms with Crippen molar-refractivity contribution in [2.45, 2.75) is 26.4 Å². The maximum absolute atomic E-state index is 12.4. The Balaban J connectivity index is 2.17. The lowest BCUT2D eigenvalue weighted by Gasteiger charge is -2.17. The molecule has 1 aromatic heterocycles. The highest BCUT2D eigenvalue weighted by molar-refractivity contribution is 5.95. The van der Waals surface area contributed by atoms with Crippen LogP contribution in [0.5, 0.6) is 0 Å². The van der Waals surface area contributed by atoms with Crippen molar-refractivity contribution in [3.63, 3.8) is 0 Å². The predicted octanol–water partition coefficient (Wildman–Crippen LogP) is 2.02. The molecular formula is C16H21N3O2. The van der Waals surface area contributed by atoms with E-state index in [9.17, 15) is 9.90 Å². The summed E-state index contributed by atoms with van der Waals surface area (Å²) in [6.45, 7) is 4.07. The van der Waals surface area contributed by atoms with Crippen LogP contribution >= 0.6 is 0 Å². The van der Waals surface area contributed by atoms with Gasteiger partial charge < -0.3 is 10.0 Å². The first-order valence-electron chi connectivity index (χ1n) is 7.04. The molecular weight excluding hydrogens is 266 g/mol. The zero-order valence-corrected chi connectivity index (χ0v) is 12.7. The lowest BCUT2D eigenvalue weighted by atomic mass is 10.2. The Kier molecular flexibility index (Phi) is 4.75. The summed E-state index contributed by atoms with van der Waals surface area (Å²) in [4.78, 5) is 14.0. The number of aliphatic hydroxyl groups excluding tert-OH is 1. The number of nitrogens with zero attached hydrogens (tertiary/aromatic N) is 3. The van der Waals surface area contributed by atoms with E-state index < -0.39 is 6.10 Å². The molecule has 0 bridgehead atoms. The predicted molar refractivity (Wildman–Crippen MR) is 81.6 cm³/mol. The van der Waals surface area contributed by atoms with E-state index in [2.05, 4.69) is 5.10 Å². The number of benzene rings is 1. The van der Waals surface area contributed by atoms with Crippen LogP contribution in [0.25, 0.3) is 5.69 Å². The van der Waals surface area contributed by atoms with Crippen molar-refractivity contribution in [2.24, 2.45) is 0 Å². The van der Waals surface area contributed by atoms with Crippen molar-refractivity contribution >= 4 is 5.91 Å². The number of aryl methyl sites for hydroxylation is 1. The number of rotatable bonds is 5. The fourth-order valence-corrected chi connectivity index (χ4v) is 2.07. The van der Waals surface area contributed by atoms with Crippen LogP contribution in [0.4, 0.5) is 0 Å². The van der Waals surface area contributed by atoms with E-state index in [1.807, 2.05) is 37.3 Å². The Hall–Kier alpha value is -2.14. The quantitative estimate of drug-likeness (QED) is 0.915. The smallest absolute Gasteiger partial charge is 0.257 e. The molecule has 1 atom stereocenters. The Morgan fingerprint density at radius 2 is 2.05 bits per heavy atom. The number of aromatic nitrogens is 2. The van der Waals surface area contributed by atoms with Crippen LogP contribution in [-0.4, -0.2) is 45.4 Å². The molecule has 0 saturated carbocycles. The number of carbonyl (C=O) groups is 1. The van der Waals surface area contributed by atoms with Gasteiger partial charge in [-0.1, -0.05) is 18.2 Å². The second-order valence-electron chi connectivity index (χ2n) is 5.27. The number of hydrogen-bond donors (Lipinski definition) is 1. The first-order valence-corrected chi connectivity index (χ1v) is 7.04. The van der Waals surface area contributed by atoms with Crippen LogP contribution in [0, 0.1) is 6.92 Å². The van der Waals surface area contributed by atoms with Gasteiger partial charge in [-0.25, -0.2) is 4.68 Å². The largest absolute Gasteiger partial charge is 0.393 e. The monoisotopic (exact) mass is 287 g/mol. The zero-order valence-electron chi connectivity index (χ0n) is 12.7. The summed E-state index contributed by atoms with van der Waals surface area (Å²) in [6, 6.07) is 9.69. The summed E-state index contributed by atoms with van der Waals surface area (Å²) < 4.78 is 1.71. The molecule has 0 spiro atoms. The summed E-state index contributed by atoms with van der Waals surface area (Å²) in [5, 5.41) is 13.7. The maximum atomic E-state index is 12.4. The van der Waals surface area contributed by atoms with Crippen molar-refractivity contribution in [2.75, 3.05) is 13.6 Å². The third-order valence-electron chi connectivity index (χ3n) is 3.38. The van der Waals surface area contributed by atoms with Gasteiger partial charge in [0.25, 0.3) is 5.91 Å². The lowest BCUT2D eigenvalue weighted by molar-refractivity contribution is 0.0768. The average molecular weight is 287 g/mol. The third kappa shape index (κ3) is 3.70. The van der Waals surface area contributed by atoms with Gasteiger partial charge in [0.05, 0.1) is 23.0 Å². The summed E-state index contributed by atoms with van der Waals surface area (Å²) in [5.74, 6) is -0.0738. The number of carbonyl (C=O) groups excluding carboxylic acids is 1. The topological polar surface area (TPSA) is 58.4 Å². The lowest BCUT2D eigenvalue weighted by Crippen LogP contribution is -2.29. The first kappa shape index (κ1) is 15.3. The molecule has 1 unspecified atom stereocenters. The highest BCUT2D eigenvalue weighted by Crippen LogP contribution is 2.13. The van der Waals surface area contributed by atoms with E-state index in [-0.39, 0.29) is 5.91 Å². The average Bonchev–Trinajstić information content (AvgIpc) is 2.86. The highest BCUT2D eigenvalue weighted by Gasteiger charge is 2.18. The minimum atomic E-state index is -0.409. The van der Waals surface area contributed by atoms with Crippen LogP contribution in [0.1, 0.15) is 29.4 Å². The van der Waals surface area contributed by atoms with E-state index in [1.54, 1.807) is 29.7 Å². The van der Waals surface area contributed by atoms with Gasteiger partial charge in [-0.05, 0) is 32.4 Å². The molecule has 1 N–H and O–H groups in total. The van der Waals surface area contributed by atoms with Crippen molar-refractivity contribution in [1.29, 1.82) is 0 Å². The number of amides is 1. The molecule has 2 aromatic rings. The van der Waals surface area contributed by atoms with Crippen molar-refractivity contribution in [1.82, 2.24) is 14.7 Å². The van der Waals surface area contributed by atoms with Gasteiger partial charge in [-0.15, -0.1) is 0 Å². The van der Waals surface area contributed by atoms with E-state index >= 15 is 0 Å². The number of aliphatic hydroxyl groups is 1. The van der Waals surface area contributed by atoms with Crippen LogP contribution in [0.15, 0.2) is 36.5 Å². The van der Waals surface area contributed by atoms with Gasteiger partial charge in [0.2, 0.25) is 0 Å². The SMILES string of the molecule is Cc1nn(-c2ccccc2)cc1C(=O)N(C)CCC(C)O. The normalized spacial score (nSPS) is 12.2. The van der Waals surface area contributed by atoms with Crippen LogP contribution in [0.3, 0.4) is 0 Å². The highest BCUT2D eigenvalue weighted by atomic mass is 16.3. The molecule has 0 aliphatic carbocycles. The molecule has 0 fully saturated rings. The Labute approximate surface area is 124 Å². The van der Waals surface area contributed by atoms with E-state index in [1.165, 1.54) is 0 Å². The van der Waals surface area contributed by atoms with Crippen molar-refractivity contribution < 1.29 is 9.90 Å². The zero-order chi connectivity index (χ0) is 15.4. The van der Waals surface area contributed by atoms with Crippen LogP contribution < -0.4 is 0 Å². The van der Waals surface area contributed by atoms with Crippen LogP contribution in [-0.2, 0) is 0 Å². The maximum Gasteiger partial charge on any atom is 0.257 e. The van der Waals surface area contributed by atoms with E-state index in [0.717, 1.165) is 5.69 Å². The molecule has 5 heteroatoms. The molecule has 1 amide bonds. The number of hydrogen-bond acceptors (Lipinski definition) is 3. The minimum absolute atomic E-state index is 0.0738. The molecule has 1 aromatic carbocycles. The summed E-state index contributed by atoms with van der Waals surface area (Å²) in [5.41, 5.74) is 2.21. The molecule has 5 nitrogen and oxygen atoms in total. The molecule has 0 radical (unpaired) electrons. The van der Waals surface area contributed by atoms with E-state index in [4.69, 9.17) is 0 Å².